The number of rotatable bonds is 6. The van der Waals surface area contributed by atoms with E-state index in [2.05, 4.69) is 4.98 Å². The van der Waals surface area contributed by atoms with E-state index in [1.165, 1.54) is 0 Å². The maximum Gasteiger partial charge on any atom is 0.303 e. The molecule has 1 heterocycles. The number of ether oxygens (including phenoxy) is 1. The number of aromatic nitrogens is 1. The van der Waals surface area contributed by atoms with Gasteiger partial charge in [0, 0.05) is 6.42 Å². The second kappa shape index (κ2) is 5.82. The number of aliphatic carboxylic acids is 1. The van der Waals surface area contributed by atoms with Crippen molar-refractivity contribution < 1.29 is 14.6 Å². The first kappa shape index (κ1) is 12.8. The van der Waals surface area contributed by atoms with E-state index in [4.69, 9.17) is 9.84 Å². The number of benzene rings is 1. The number of aryl methyl sites for hydroxylation is 1. The van der Waals surface area contributed by atoms with Crippen molar-refractivity contribution in [1.82, 2.24) is 4.98 Å². The van der Waals surface area contributed by atoms with Gasteiger partial charge in [0.25, 0.3) is 0 Å². The molecule has 0 saturated carbocycles. The fraction of sp³-hybridized carbons (Fsp3) is 0.385. The van der Waals surface area contributed by atoms with Crippen LogP contribution in [0, 0.1) is 0 Å². The minimum atomic E-state index is -0.755. The lowest BCUT2D eigenvalue weighted by Gasteiger charge is -2.00. The Balaban J connectivity index is 2.09. The van der Waals surface area contributed by atoms with Crippen LogP contribution in [0.25, 0.3) is 10.2 Å². The van der Waals surface area contributed by atoms with Crippen molar-refractivity contribution in [1.29, 1.82) is 0 Å². The summed E-state index contributed by atoms with van der Waals surface area (Å²) in [5.74, 6) is 0.0977. The van der Waals surface area contributed by atoms with Crippen molar-refractivity contribution in [2.75, 3.05) is 6.61 Å². The van der Waals surface area contributed by atoms with E-state index in [1.807, 2.05) is 25.1 Å². The molecule has 0 aliphatic rings. The average molecular weight is 265 g/mol. The molecule has 0 aliphatic heterocycles. The largest absolute Gasteiger partial charge is 0.494 e. The van der Waals surface area contributed by atoms with E-state index in [9.17, 15) is 4.79 Å². The first-order valence-corrected chi connectivity index (χ1v) is 6.74. The Labute approximate surface area is 109 Å². The molecule has 0 spiro atoms. The molecule has 0 atom stereocenters. The van der Waals surface area contributed by atoms with Gasteiger partial charge in [-0.3, -0.25) is 4.79 Å². The van der Waals surface area contributed by atoms with Gasteiger partial charge in [-0.15, -0.1) is 11.3 Å². The Morgan fingerprint density at radius 1 is 1.50 bits per heavy atom. The summed E-state index contributed by atoms with van der Waals surface area (Å²) < 4.78 is 6.53. The number of carboxylic acid groups (broad SMARTS) is 1. The summed E-state index contributed by atoms with van der Waals surface area (Å²) in [6.07, 6.45) is 1.54. The summed E-state index contributed by atoms with van der Waals surface area (Å²) in [6, 6.07) is 5.83. The Morgan fingerprint density at radius 2 is 2.33 bits per heavy atom. The van der Waals surface area contributed by atoms with Crippen LogP contribution in [0.5, 0.6) is 5.75 Å². The average Bonchev–Trinajstić information content (AvgIpc) is 2.71. The van der Waals surface area contributed by atoms with Crippen molar-refractivity contribution >= 4 is 27.5 Å². The van der Waals surface area contributed by atoms with E-state index < -0.39 is 5.97 Å². The summed E-state index contributed by atoms with van der Waals surface area (Å²) in [5, 5.41) is 9.58. The van der Waals surface area contributed by atoms with Gasteiger partial charge in [-0.2, -0.15) is 0 Å². The number of carboxylic acids is 1. The van der Waals surface area contributed by atoms with Crippen LogP contribution in [0.15, 0.2) is 18.2 Å². The smallest absolute Gasteiger partial charge is 0.303 e. The monoisotopic (exact) mass is 265 g/mol. The molecule has 1 N–H and O–H groups in total. The predicted molar refractivity (Wildman–Crippen MR) is 71.4 cm³/mol. The first-order chi connectivity index (χ1) is 8.69. The highest BCUT2D eigenvalue weighted by atomic mass is 32.1. The third-order valence-corrected chi connectivity index (χ3v) is 3.57. The second-order valence-electron chi connectivity index (χ2n) is 3.92. The van der Waals surface area contributed by atoms with Gasteiger partial charge in [0.15, 0.2) is 0 Å². The van der Waals surface area contributed by atoms with E-state index in [1.54, 1.807) is 11.3 Å². The number of nitrogens with zero attached hydrogens (tertiary/aromatic N) is 1. The molecule has 1 aromatic carbocycles. The van der Waals surface area contributed by atoms with Gasteiger partial charge in [0.2, 0.25) is 0 Å². The zero-order valence-corrected chi connectivity index (χ0v) is 11.0. The highest BCUT2D eigenvalue weighted by molar-refractivity contribution is 7.18. The molecule has 0 bridgehead atoms. The van der Waals surface area contributed by atoms with E-state index in [0.29, 0.717) is 13.0 Å². The van der Waals surface area contributed by atoms with Crippen LogP contribution in [0.4, 0.5) is 0 Å². The van der Waals surface area contributed by atoms with Crippen molar-refractivity contribution in [3.05, 3.63) is 23.2 Å². The lowest BCUT2D eigenvalue weighted by Crippen LogP contribution is -1.95. The molecule has 2 aromatic rings. The van der Waals surface area contributed by atoms with Crippen LogP contribution in [-0.4, -0.2) is 22.7 Å². The Hall–Kier alpha value is -1.62. The zero-order chi connectivity index (χ0) is 13.0. The Morgan fingerprint density at radius 3 is 3.06 bits per heavy atom. The van der Waals surface area contributed by atoms with Gasteiger partial charge >= 0.3 is 5.97 Å². The van der Waals surface area contributed by atoms with Gasteiger partial charge in [-0.25, -0.2) is 4.98 Å². The summed E-state index contributed by atoms with van der Waals surface area (Å²) in [5.41, 5.74) is 0.953. The molecule has 4 nitrogen and oxygen atoms in total. The molecule has 0 amide bonds. The van der Waals surface area contributed by atoms with Crippen LogP contribution in [0.3, 0.4) is 0 Å². The molecule has 18 heavy (non-hydrogen) atoms. The quantitative estimate of drug-likeness (QED) is 0.871. The van der Waals surface area contributed by atoms with Crippen molar-refractivity contribution in [3.63, 3.8) is 0 Å². The molecule has 0 fully saturated rings. The third kappa shape index (κ3) is 3.20. The van der Waals surface area contributed by atoms with Crippen molar-refractivity contribution in [2.24, 2.45) is 0 Å². The van der Waals surface area contributed by atoms with Gasteiger partial charge in [0.05, 0.1) is 21.8 Å². The van der Waals surface area contributed by atoms with Crippen LogP contribution in [0.2, 0.25) is 0 Å². The molecule has 0 aliphatic carbocycles. The second-order valence-corrected chi connectivity index (χ2v) is 5.03. The molecule has 2 rings (SSSR count). The van der Waals surface area contributed by atoms with Crippen LogP contribution in [-0.2, 0) is 11.2 Å². The summed E-state index contributed by atoms with van der Waals surface area (Å²) in [4.78, 5) is 14.9. The van der Waals surface area contributed by atoms with Crippen molar-refractivity contribution in [2.45, 2.75) is 26.2 Å². The summed E-state index contributed by atoms with van der Waals surface area (Å²) >= 11 is 1.60. The molecule has 0 radical (unpaired) electrons. The SMILES string of the molecule is CCOc1ccc2nc(CCCC(=O)O)sc2c1. The topological polar surface area (TPSA) is 59.4 Å². The minimum Gasteiger partial charge on any atom is -0.494 e. The van der Waals surface area contributed by atoms with Gasteiger partial charge < -0.3 is 9.84 Å². The van der Waals surface area contributed by atoms with Gasteiger partial charge in [-0.1, -0.05) is 0 Å². The van der Waals surface area contributed by atoms with E-state index >= 15 is 0 Å². The molecule has 0 unspecified atom stereocenters. The minimum absolute atomic E-state index is 0.195. The number of carbonyl (C=O) groups is 1. The summed E-state index contributed by atoms with van der Waals surface area (Å²) in [7, 11) is 0. The Bertz CT molecular complexity index is 550. The normalized spacial score (nSPS) is 10.7. The predicted octanol–water partition coefficient (Wildman–Crippen LogP) is 3.10. The first-order valence-electron chi connectivity index (χ1n) is 5.93. The van der Waals surface area contributed by atoms with Crippen LogP contribution >= 0.6 is 11.3 Å². The fourth-order valence-electron chi connectivity index (χ4n) is 1.71. The highest BCUT2D eigenvalue weighted by Gasteiger charge is 2.06. The maximum absolute atomic E-state index is 10.4. The molecule has 1 aromatic heterocycles. The molecule has 96 valence electrons. The maximum atomic E-state index is 10.4. The van der Waals surface area contributed by atoms with Gasteiger partial charge in [-0.05, 0) is 38.0 Å². The lowest BCUT2D eigenvalue weighted by molar-refractivity contribution is -0.137. The van der Waals surface area contributed by atoms with Gasteiger partial charge in [0.1, 0.15) is 5.75 Å². The summed E-state index contributed by atoms with van der Waals surface area (Å²) in [6.45, 7) is 2.60. The zero-order valence-electron chi connectivity index (χ0n) is 10.2. The van der Waals surface area contributed by atoms with Crippen LogP contribution in [0.1, 0.15) is 24.8 Å². The number of hydrogen-bond donors (Lipinski definition) is 1. The van der Waals surface area contributed by atoms with E-state index in [0.717, 1.165) is 27.4 Å². The number of hydrogen-bond acceptors (Lipinski definition) is 4. The highest BCUT2D eigenvalue weighted by Crippen LogP contribution is 2.27. The lowest BCUT2D eigenvalue weighted by atomic mass is 10.2. The molecular weight excluding hydrogens is 250 g/mol. The molecular formula is C13H15NO3S. The third-order valence-electron chi connectivity index (χ3n) is 2.50. The molecule has 5 heteroatoms. The van der Waals surface area contributed by atoms with E-state index in [-0.39, 0.29) is 6.42 Å². The van der Waals surface area contributed by atoms with Crippen molar-refractivity contribution in [3.8, 4) is 5.75 Å². The number of thiazole rings is 1. The fourth-order valence-corrected chi connectivity index (χ4v) is 2.74. The van der Waals surface area contributed by atoms with Crippen LogP contribution < -0.4 is 4.74 Å². The molecule has 0 saturated heterocycles. The Kier molecular flexibility index (Phi) is 4.15. The number of fused-ring (bicyclic) bond motifs is 1. The standard InChI is InChI=1S/C13H15NO3S/c1-2-17-9-6-7-10-11(8-9)18-12(14-10)4-3-5-13(15)16/h6-8H,2-5H2,1H3,(H,15,16).